The van der Waals surface area contributed by atoms with E-state index in [4.69, 9.17) is 0 Å². The van der Waals surface area contributed by atoms with Gasteiger partial charge in [0.05, 0.1) is 9.26 Å². The Balaban J connectivity index is 1.69. The van der Waals surface area contributed by atoms with Crippen LogP contribution in [0.4, 0.5) is 11.4 Å². The van der Waals surface area contributed by atoms with Crippen molar-refractivity contribution >= 4 is 40.2 Å². The SMILES string of the molecule is Oc1ccc(C=Nc2ccc(N3CCNCC3)cc2)cc1I. The molecule has 5 heteroatoms. The van der Waals surface area contributed by atoms with Gasteiger partial charge in [0.2, 0.25) is 0 Å². The third kappa shape index (κ3) is 3.78. The zero-order chi connectivity index (χ0) is 15.4. The molecule has 4 nitrogen and oxygen atoms in total. The first-order chi connectivity index (χ1) is 10.7. The van der Waals surface area contributed by atoms with Crippen LogP contribution in [0.25, 0.3) is 0 Å². The number of hydrogen-bond acceptors (Lipinski definition) is 4. The van der Waals surface area contributed by atoms with Gasteiger partial charge in [-0.15, -0.1) is 0 Å². The summed E-state index contributed by atoms with van der Waals surface area (Å²) < 4.78 is 0.829. The van der Waals surface area contributed by atoms with Crippen LogP contribution in [-0.4, -0.2) is 37.5 Å². The minimum absolute atomic E-state index is 0.304. The van der Waals surface area contributed by atoms with E-state index < -0.39 is 0 Å². The fourth-order valence-corrected chi connectivity index (χ4v) is 2.96. The Morgan fingerprint density at radius 1 is 1.09 bits per heavy atom. The number of anilines is 1. The van der Waals surface area contributed by atoms with Gasteiger partial charge in [0.15, 0.2) is 0 Å². The molecule has 0 radical (unpaired) electrons. The summed E-state index contributed by atoms with van der Waals surface area (Å²) in [4.78, 5) is 6.87. The number of aliphatic imine (C=N–C) groups is 1. The first-order valence-electron chi connectivity index (χ1n) is 7.31. The number of hydrogen-bond donors (Lipinski definition) is 2. The first-order valence-corrected chi connectivity index (χ1v) is 8.38. The summed E-state index contributed by atoms with van der Waals surface area (Å²) in [6.45, 7) is 4.18. The summed E-state index contributed by atoms with van der Waals surface area (Å²) in [5.41, 5.74) is 3.16. The maximum atomic E-state index is 9.52. The minimum Gasteiger partial charge on any atom is -0.507 e. The summed E-state index contributed by atoms with van der Waals surface area (Å²) in [5, 5.41) is 12.9. The molecule has 0 amide bonds. The van der Waals surface area contributed by atoms with Gasteiger partial charge in [0.1, 0.15) is 5.75 Å². The molecule has 1 fully saturated rings. The number of nitrogens with one attached hydrogen (secondary N) is 1. The molecular weight excluding hydrogens is 389 g/mol. The van der Waals surface area contributed by atoms with Crippen LogP contribution in [0.1, 0.15) is 5.56 Å². The maximum absolute atomic E-state index is 9.52. The first kappa shape index (κ1) is 15.3. The summed E-state index contributed by atoms with van der Waals surface area (Å²) >= 11 is 2.11. The molecule has 114 valence electrons. The second kappa shape index (κ2) is 7.11. The number of piperazine rings is 1. The fraction of sp³-hybridized carbons (Fsp3) is 0.235. The molecule has 0 aliphatic carbocycles. The second-order valence-electron chi connectivity index (χ2n) is 5.22. The van der Waals surface area contributed by atoms with Crippen LogP contribution in [0, 0.1) is 3.57 Å². The van der Waals surface area contributed by atoms with Gasteiger partial charge in [-0.2, -0.15) is 0 Å². The highest BCUT2D eigenvalue weighted by atomic mass is 127. The zero-order valence-corrected chi connectivity index (χ0v) is 14.3. The van der Waals surface area contributed by atoms with Crippen molar-refractivity contribution in [3.63, 3.8) is 0 Å². The molecule has 0 saturated carbocycles. The van der Waals surface area contributed by atoms with Gasteiger partial charge in [-0.3, -0.25) is 4.99 Å². The molecule has 0 bridgehead atoms. The molecule has 0 aromatic heterocycles. The van der Waals surface area contributed by atoms with Gasteiger partial charge in [0, 0.05) is 38.1 Å². The third-order valence-electron chi connectivity index (χ3n) is 3.67. The third-order valence-corrected chi connectivity index (χ3v) is 4.53. The summed E-state index contributed by atoms with van der Waals surface area (Å²) in [5.74, 6) is 0.304. The molecule has 2 aromatic carbocycles. The summed E-state index contributed by atoms with van der Waals surface area (Å²) in [7, 11) is 0. The molecular formula is C17H18IN3O. The lowest BCUT2D eigenvalue weighted by Gasteiger charge is -2.29. The molecule has 1 aliphatic rings. The number of rotatable bonds is 3. The monoisotopic (exact) mass is 407 g/mol. The summed E-state index contributed by atoms with van der Waals surface area (Å²) in [6, 6.07) is 13.8. The van der Waals surface area contributed by atoms with E-state index in [1.807, 2.05) is 30.5 Å². The predicted molar refractivity (Wildman–Crippen MR) is 99.6 cm³/mol. The van der Waals surface area contributed by atoms with E-state index in [1.54, 1.807) is 6.07 Å². The van der Waals surface area contributed by atoms with Gasteiger partial charge in [-0.25, -0.2) is 0 Å². The highest BCUT2D eigenvalue weighted by Crippen LogP contribution is 2.22. The standard InChI is InChI=1S/C17H18IN3O/c18-16-11-13(1-6-17(16)22)12-20-14-2-4-15(5-3-14)21-9-7-19-8-10-21/h1-6,11-12,19,22H,7-10H2. The zero-order valence-electron chi connectivity index (χ0n) is 12.2. The average Bonchev–Trinajstić information content (AvgIpc) is 2.57. The van der Waals surface area contributed by atoms with Crippen molar-refractivity contribution in [3.05, 3.63) is 51.6 Å². The molecule has 3 rings (SSSR count). The van der Waals surface area contributed by atoms with Crippen LogP contribution in [0.3, 0.4) is 0 Å². The Bertz CT molecular complexity index is 664. The van der Waals surface area contributed by atoms with Gasteiger partial charge in [0.25, 0.3) is 0 Å². The van der Waals surface area contributed by atoms with E-state index in [1.165, 1.54) is 5.69 Å². The topological polar surface area (TPSA) is 47.9 Å². The number of nitrogens with zero attached hydrogens (tertiary/aromatic N) is 2. The molecule has 1 aliphatic heterocycles. The van der Waals surface area contributed by atoms with Crippen molar-refractivity contribution in [1.82, 2.24) is 5.32 Å². The molecule has 22 heavy (non-hydrogen) atoms. The Hall–Kier alpha value is -1.60. The van der Waals surface area contributed by atoms with Crippen LogP contribution >= 0.6 is 22.6 Å². The van der Waals surface area contributed by atoms with E-state index in [0.29, 0.717) is 5.75 Å². The van der Waals surface area contributed by atoms with Crippen LogP contribution in [0.2, 0.25) is 0 Å². The van der Waals surface area contributed by atoms with Crippen molar-refractivity contribution < 1.29 is 5.11 Å². The smallest absolute Gasteiger partial charge is 0.128 e. The highest BCUT2D eigenvalue weighted by molar-refractivity contribution is 14.1. The van der Waals surface area contributed by atoms with Gasteiger partial charge in [-0.1, -0.05) is 0 Å². The lowest BCUT2D eigenvalue weighted by molar-refractivity contribution is 0.471. The van der Waals surface area contributed by atoms with Gasteiger partial charge < -0.3 is 15.3 Å². The molecule has 2 N–H and O–H groups in total. The highest BCUT2D eigenvalue weighted by Gasteiger charge is 2.09. The van der Waals surface area contributed by atoms with E-state index in [-0.39, 0.29) is 0 Å². The van der Waals surface area contributed by atoms with Gasteiger partial charge in [-0.05, 0) is 70.6 Å². The van der Waals surface area contributed by atoms with E-state index in [0.717, 1.165) is 41.0 Å². The van der Waals surface area contributed by atoms with E-state index in [2.05, 4.69) is 49.9 Å². The average molecular weight is 407 g/mol. The molecule has 2 aromatic rings. The predicted octanol–water partition coefficient (Wildman–Crippen LogP) is 3.16. The lowest BCUT2D eigenvalue weighted by atomic mass is 10.2. The van der Waals surface area contributed by atoms with Gasteiger partial charge >= 0.3 is 0 Å². The molecule has 0 atom stereocenters. The molecule has 0 unspecified atom stereocenters. The van der Waals surface area contributed by atoms with E-state index in [9.17, 15) is 5.11 Å². The van der Waals surface area contributed by atoms with E-state index >= 15 is 0 Å². The van der Waals surface area contributed by atoms with Crippen molar-refractivity contribution in [2.24, 2.45) is 4.99 Å². The number of benzene rings is 2. The molecule has 1 heterocycles. The Labute approximate surface area is 144 Å². The Kier molecular flexibility index (Phi) is 4.94. The molecule has 1 saturated heterocycles. The Morgan fingerprint density at radius 2 is 1.82 bits per heavy atom. The van der Waals surface area contributed by atoms with Crippen molar-refractivity contribution in [2.45, 2.75) is 0 Å². The minimum atomic E-state index is 0.304. The number of phenols is 1. The van der Waals surface area contributed by atoms with Crippen LogP contribution < -0.4 is 10.2 Å². The van der Waals surface area contributed by atoms with Crippen LogP contribution in [0.5, 0.6) is 5.75 Å². The number of halogens is 1. The lowest BCUT2D eigenvalue weighted by Crippen LogP contribution is -2.43. The number of aromatic hydroxyl groups is 1. The van der Waals surface area contributed by atoms with Crippen molar-refractivity contribution in [2.75, 3.05) is 31.1 Å². The van der Waals surface area contributed by atoms with Crippen LogP contribution in [-0.2, 0) is 0 Å². The van der Waals surface area contributed by atoms with Crippen LogP contribution in [0.15, 0.2) is 47.5 Å². The number of phenolic OH excluding ortho intramolecular Hbond substituents is 1. The second-order valence-corrected chi connectivity index (χ2v) is 6.38. The summed E-state index contributed by atoms with van der Waals surface area (Å²) in [6.07, 6.45) is 1.82. The van der Waals surface area contributed by atoms with Crippen molar-refractivity contribution in [1.29, 1.82) is 0 Å². The Morgan fingerprint density at radius 3 is 2.50 bits per heavy atom. The largest absolute Gasteiger partial charge is 0.507 e. The normalized spacial score (nSPS) is 15.4. The van der Waals surface area contributed by atoms with Crippen molar-refractivity contribution in [3.8, 4) is 5.75 Å². The maximum Gasteiger partial charge on any atom is 0.128 e. The quantitative estimate of drug-likeness (QED) is 0.607. The fourth-order valence-electron chi connectivity index (χ4n) is 2.43. The molecule has 0 spiro atoms.